The van der Waals surface area contributed by atoms with Crippen LogP contribution in [0.1, 0.15) is 25.0 Å². The number of nitrogens with zero attached hydrogens (tertiary/aromatic N) is 4. The molecule has 0 aliphatic carbocycles. The number of ether oxygens (including phenoxy) is 1. The summed E-state index contributed by atoms with van der Waals surface area (Å²) in [5.41, 5.74) is 3.49. The molecule has 7 heteroatoms. The van der Waals surface area contributed by atoms with Gasteiger partial charge >= 0.3 is 6.09 Å². The van der Waals surface area contributed by atoms with Crippen LogP contribution in [0.15, 0.2) is 30.5 Å². The van der Waals surface area contributed by atoms with Crippen molar-refractivity contribution in [1.82, 2.24) is 14.9 Å². The molecular formula is C20H27N5O2. The predicted octanol–water partition coefficient (Wildman–Crippen LogP) is 3.37. The second-order valence-electron chi connectivity index (χ2n) is 6.50. The van der Waals surface area contributed by atoms with Gasteiger partial charge in [0, 0.05) is 38.1 Å². The van der Waals surface area contributed by atoms with Crippen molar-refractivity contribution in [3.8, 4) is 0 Å². The first-order valence-electron chi connectivity index (χ1n) is 9.47. The van der Waals surface area contributed by atoms with Crippen LogP contribution in [0.4, 0.5) is 22.2 Å². The van der Waals surface area contributed by atoms with E-state index in [2.05, 4.69) is 52.2 Å². The van der Waals surface area contributed by atoms with Crippen LogP contribution in [-0.2, 0) is 11.2 Å². The SMILES string of the molecule is CCOC(=O)N1CCN(c2ccnc(Nc3c(C)cccc3CC)n2)CC1. The standard InChI is InChI=1S/C20H27N5O2/c1-4-16-8-6-7-15(3)18(16)23-19-21-10-9-17(22-19)24-11-13-25(14-12-24)20(26)27-5-2/h6-10H,4-5,11-14H2,1-3H3,(H,21,22,23). The summed E-state index contributed by atoms with van der Waals surface area (Å²) < 4.78 is 5.07. The fourth-order valence-electron chi connectivity index (χ4n) is 3.23. The van der Waals surface area contributed by atoms with Crippen LogP contribution in [0.5, 0.6) is 0 Å². The van der Waals surface area contributed by atoms with Gasteiger partial charge in [0.2, 0.25) is 5.95 Å². The predicted molar refractivity (Wildman–Crippen MR) is 107 cm³/mol. The summed E-state index contributed by atoms with van der Waals surface area (Å²) in [6, 6.07) is 8.18. The Morgan fingerprint density at radius 1 is 1.19 bits per heavy atom. The highest BCUT2D eigenvalue weighted by Crippen LogP contribution is 2.25. The Morgan fingerprint density at radius 2 is 1.96 bits per heavy atom. The monoisotopic (exact) mass is 369 g/mol. The molecule has 1 aromatic heterocycles. The van der Waals surface area contributed by atoms with Gasteiger partial charge in [-0.25, -0.2) is 9.78 Å². The number of anilines is 3. The van der Waals surface area contributed by atoms with E-state index in [1.54, 1.807) is 11.1 Å². The first-order valence-corrected chi connectivity index (χ1v) is 9.47. The molecule has 144 valence electrons. The maximum Gasteiger partial charge on any atom is 0.409 e. The maximum atomic E-state index is 11.8. The summed E-state index contributed by atoms with van der Waals surface area (Å²) in [6.45, 7) is 9.15. The van der Waals surface area contributed by atoms with Crippen molar-refractivity contribution in [2.45, 2.75) is 27.2 Å². The highest BCUT2D eigenvalue weighted by atomic mass is 16.6. The van der Waals surface area contributed by atoms with Crippen LogP contribution in [0.25, 0.3) is 0 Å². The highest BCUT2D eigenvalue weighted by molar-refractivity contribution is 5.68. The molecule has 27 heavy (non-hydrogen) atoms. The van der Waals surface area contributed by atoms with E-state index < -0.39 is 0 Å². The van der Waals surface area contributed by atoms with Crippen molar-refractivity contribution in [2.24, 2.45) is 0 Å². The molecule has 1 aromatic carbocycles. The molecule has 3 rings (SSSR count). The largest absolute Gasteiger partial charge is 0.450 e. The van der Waals surface area contributed by atoms with E-state index in [9.17, 15) is 4.79 Å². The summed E-state index contributed by atoms with van der Waals surface area (Å²) in [7, 11) is 0. The molecule has 0 saturated carbocycles. The number of aryl methyl sites for hydroxylation is 2. The number of nitrogens with one attached hydrogen (secondary N) is 1. The minimum absolute atomic E-state index is 0.242. The lowest BCUT2D eigenvalue weighted by molar-refractivity contribution is 0.105. The molecule has 2 aromatic rings. The molecule has 0 spiro atoms. The fraction of sp³-hybridized carbons (Fsp3) is 0.450. The van der Waals surface area contributed by atoms with Crippen LogP contribution in [0, 0.1) is 6.92 Å². The average molecular weight is 369 g/mol. The third kappa shape index (κ3) is 4.48. The van der Waals surface area contributed by atoms with Crippen molar-refractivity contribution >= 4 is 23.5 Å². The zero-order valence-electron chi connectivity index (χ0n) is 16.2. The van der Waals surface area contributed by atoms with Gasteiger partial charge in [0.25, 0.3) is 0 Å². The van der Waals surface area contributed by atoms with Crippen LogP contribution in [0.2, 0.25) is 0 Å². The second-order valence-corrected chi connectivity index (χ2v) is 6.50. The fourth-order valence-corrected chi connectivity index (χ4v) is 3.23. The smallest absolute Gasteiger partial charge is 0.409 e. The Labute approximate surface area is 160 Å². The number of hydrogen-bond acceptors (Lipinski definition) is 6. The number of rotatable bonds is 5. The summed E-state index contributed by atoms with van der Waals surface area (Å²) in [5, 5.41) is 3.38. The summed E-state index contributed by atoms with van der Waals surface area (Å²) >= 11 is 0. The van der Waals surface area contributed by atoms with Gasteiger partial charge in [-0.1, -0.05) is 25.1 Å². The van der Waals surface area contributed by atoms with Gasteiger partial charge in [-0.3, -0.25) is 0 Å². The van der Waals surface area contributed by atoms with Gasteiger partial charge < -0.3 is 19.9 Å². The van der Waals surface area contributed by atoms with E-state index in [0.717, 1.165) is 31.0 Å². The summed E-state index contributed by atoms with van der Waals surface area (Å²) in [5.74, 6) is 1.45. The van der Waals surface area contributed by atoms with Gasteiger partial charge in [-0.15, -0.1) is 0 Å². The Morgan fingerprint density at radius 3 is 2.67 bits per heavy atom. The van der Waals surface area contributed by atoms with Crippen LogP contribution in [0.3, 0.4) is 0 Å². The molecule has 1 fully saturated rings. The number of amides is 1. The molecule has 0 radical (unpaired) electrons. The van der Waals surface area contributed by atoms with E-state index in [1.807, 2.05) is 13.0 Å². The Bertz CT molecular complexity index is 788. The van der Waals surface area contributed by atoms with E-state index in [0.29, 0.717) is 25.6 Å². The van der Waals surface area contributed by atoms with E-state index in [-0.39, 0.29) is 6.09 Å². The van der Waals surface area contributed by atoms with Gasteiger partial charge in [0.05, 0.1) is 6.61 Å². The molecule has 7 nitrogen and oxygen atoms in total. The van der Waals surface area contributed by atoms with Crippen LogP contribution in [-0.4, -0.2) is 53.7 Å². The zero-order chi connectivity index (χ0) is 19.2. The van der Waals surface area contributed by atoms with Gasteiger partial charge in [-0.2, -0.15) is 4.98 Å². The zero-order valence-corrected chi connectivity index (χ0v) is 16.2. The third-order valence-electron chi connectivity index (χ3n) is 4.75. The molecule has 1 saturated heterocycles. The van der Waals surface area contributed by atoms with Gasteiger partial charge in [-0.05, 0) is 37.5 Å². The molecule has 2 heterocycles. The highest BCUT2D eigenvalue weighted by Gasteiger charge is 2.23. The number of carbonyl (C=O) groups excluding carboxylic acids is 1. The molecule has 1 N–H and O–H groups in total. The van der Waals surface area contributed by atoms with Crippen molar-refractivity contribution < 1.29 is 9.53 Å². The lowest BCUT2D eigenvalue weighted by Gasteiger charge is -2.34. The number of aromatic nitrogens is 2. The Kier molecular flexibility index (Phi) is 6.11. The number of carbonyl (C=O) groups is 1. The van der Waals surface area contributed by atoms with Crippen LogP contribution < -0.4 is 10.2 Å². The average Bonchev–Trinajstić information content (AvgIpc) is 2.70. The second kappa shape index (κ2) is 8.70. The van der Waals surface area contributed by atoms with E-state index in [1.165, 1.54) is 11.1 Å². The molecule has 1 aliphatic rings. The molecule has 1 aliphatic heterocycles. The molecular weight excluding hydrogens is 342 g/mol. The van der Waals surface area contributed by atoms with E-state index in [4.69, 9.17) is 4.74 Å². The number of benzene rings is 1. The topological polar surface area (TPSA) is 70.6 Å². The number of para-hydroxylation sites is 1. The first-order chi connectivity index (χ1) is 13.1. The summed E-state index contributed by atoms with van der Waals surface area (Å²) in [6.07, 6.45) is 2.47. The minimum Gasteiger partial charge on any atom is -0.450 e. The third-order valence-corrected chi connectivity index (χ3v) is 4.75. The van der Waals surface area contributed by atoms with Gasteiger partial charge in [0.1, 0.15) is 5.82 Å². The van der Waals surface area contributed by atoms with Crippen molar-refractivity contribution in [1.29, 1.82) is 0 Å². The van der Waals surface area contributed by atoms with Crippen molar-refractivity contribution in [3.05, 3.63) is 41.6 Å². The number of hydrogen-bond donors (Lipinski definition) is 1. The summed E-state index contributed by atoms with van der Waals surface area (Å²) in [4.78, 5) is 24.8. The molecule has 0 atom stereocenters. The maximum absolute atomic E-state index is 11.8. The van der Waals surface area contributed by atoms with E-state index >= 15 is 0 Å². The Hall–Kier alpha value is -2.83. The van der Waals surface area contributed by atoms with Crippen molar-refractivity contribution in [3.63, 3.8) is 0 Å². The first kappa shape index (κ1) is 18.9. The lowest BCUT2D eigenvalue weighted by atomic mass is 10.1. The molecule has 1 amide bonds. The van der Waals surface area contributed by atoms with Crippen molar-refractivity contribution in [2.75, 3.05) is 43.0 Å². The Balaban J connectivity index is 1.69. The molecule has 0 bridgehead atoms. The molecule has 0 unspecified atom stereocenters. The van der Waals surface area contributed by atoms with Crippen LogP contribution >= 0.6 is 0 Å². The minimum atomic E-state index is -0.242. The quantitative estimate of drug-likeness (QED) is 0.871. The normalized spacial score (nSPS) is 14.2. The number of piperazine rings is 1. The van der Waals surface area contributed by atoms with Gasteiger partial charge in [0.15, 0.2) is 0 Å². The lowest BCUT2D eigenvalue weighted by Crippen LogP contribution is -2.49.